The fraction of sp³-hybridized carbons (Fsp3) is 0.182. The van der Waals surface area contributed by atoms with Crippen LogP contribution in [0.5, 0.6) is 0 Å². The molecule has 4 rings (SSSR count). The van der Waals surface area contributed by atoms with Crippen LogP contribution in [-0.4, -0.2) is 24.0 Å². The highest BCUT2D eigenvalue weighted by Gasteiger charge is 2.12. The Morgan fingerprint density at radius 2 is 1.75 bits per heavy atom. The van der Waals surface area contributed by atoms with Crippen molar-refractivity contribution in [3.8, 4) is 0 Å². The summed E-state index contributed by atoms with van der Waals surface area (Å²) in [4.78, 5) is 19.1. The normalized spacial score (nSPS) is 13.4. The van der Waals surface area contributed by atoms with E-state index in [9.17, 15) is 4.79 Å². The van der Waals surface area contributed by atoms with Crippen molar-refractivity contribution in [3.63, 3.8) is 0 Å². The predicted molar refractivity (Wildman–Crippen MR) is 115 cm³/mol. The van der Waals surface area contributed by atoms with E-state index in [1.165, 1.54) is 18.5 Å². The minimum atomic E-state index is -0.226. The highest BCUT2D eigenvalue weighted by molar-refractivity contribution is 6.30. The summed E-state index contributed by atoms with van der Waals surface area (Å²) in [6.45, 7) is 2.26. The lowest BCUT2D eigenvalue weighted by Crippen LogP contribution is -2.17. The van der Waals surface area contributed by atoms with Crippen molar-refractivity contribution in [2.75, 3.05) is 28.6 Å². The van der Waals surface area contributed by atoms with E-state index in [-0.39, 0.29) is 5.91 Å². The van der Waals surface area contributed by atoms with E-state index in [4.69, 9.17) is 11.6 Å². The van der Waals surface area contributed by atoms with Crippen LogP contribution in [0.25, 0.3) is 0 Å². The van der Waals surface area contributed by atoms with Crippen LogP contribution in [-0.2, 0) is 0 Å². The molecule has 2 heterocycles. The molecule has 1 aromatic heterocycles. The summed E-state index contributed by atoms with van der Waals surface area (Å²) < 4.78 is 0. The number of nitrogens with zero attached hydrogens (tertiary/aromatic N) is 2. The lowest BCUT2D eigenvalue weighted by Gasteiger charge is -2.17. The Balaban J connectivity index is 1.38. The van der Waals surface area contributed by atoms with Crippen molar-refractivity contribution in [3.05, 3.63) is 77.4 Å². The molecule has 6 heteroatoms. The maximum Gasteiger partial charge on any atom is 0.257 e. The fourth-order valence-electron chi connectivity index (χ4n) is 3.25. The Morgan fingerprint density at radius 1 is 0.964 bits per heavy atom. The second-order valence-corrected chi connectivity index (χ2v) is 7.20. The van der Waals surface area contributed by atoms with Crippen molar-refractivity contribution in [1.29, 1.82) is 0 Å². The van der Waals surface area contributed by atoms with Crippen LogP contribution in [0, 0.1) is 0 Å². The predicted octanol–water partition coefficient (Wildman–Crippen LogP) is 5.33. The van der Waals surface area contributed by atoms with Crippen molar-refractivity contribution in [2.24, 2.45) is 0 Å². The summed E-state index contributed by atoms with van der Waals surface area (Å²) in [5.74, 6) is 0.463. The maximum atomic E-state index is 12.3. The molecule has 5 nitrogen and oxygen atoms in total. The van der Waals surface area contributed by atoms with Gasteiger partial charge in [-0.2, -0.15) is 0 Å². The molecule has 2 N–H and O–H groups in total. The number of hydrogen-bond acceptors (Lipinski definition) is 4. The Bertz CT molecular complexity index is 951. The van der Waals surface area contributed by atoms with Gasteiger partial charge in [-0.25, -0.2) is 4.98 Å². The van der Waals surface area contributed by atoms with Gasteiger partial charge in [-0.15, -0.1) is 0 Å². The molecule has 1 saturated heterocycles. The van der Waals surface area contributed by atoms with E-state index in [2.05, 4.69) is 44.8 Å². The number of amides is 1. The summed E-state index contributed by atoms with van der Waals surface area (Å²) in [5.41, 5.74) is 3.35. The van der Waals surface area contributed by atoms with Gasteiger partial charge in [0.15, 0.2) is 0 Å². The number of rotatable bonds is 5. The Labute approximate surface area is 169 Å². The van der Waals surface area contributed by atoms with Crippen LogP contribution in [0.3, 0.4) is 0 Å². The molecule has 0 spiro atoms. The van der Waals surface area contributed by atoms with Crippen LogP contribution >= 0.6 is 11.6 Å². The molecule has 1 amide bonds. The standard InChI is InChI=1S/C22H21ClN4O/c23-17-4-3-5-19(14-17)26-22(28)16-6-11-21(24-15-16)25-18-7-9-20(10-8-18)27-12-1-2-13-27/h3-11,14-15H,1-2,12-13H2,(H,24,25)(H,26,28). The summed E-state index contributed by atoms with van der Waals surface area (Å²) in [7, 11) is 0. The smallest absolute Gasteiger partial charge is 0.257 e. The zero-order valence-electron chi connectivity index (χ0n) is 15.4. The lowest BCUT2D eigenvalue weighted by molar-refractivity contribution is 0.102. The molecule has 0 unspecified atom stereocenters. The number of benzene rings is 2. The van der Waals surface area contributed by atoms with Gasteiger partial charge in [0.25, 0.3) is 5.91 Å². The average molecular weight is 393 g/mol. The van der Waals surface area contributed by atoms with E-state index in [0.717, 1.165) is 18.8 Å². The third-order valence-corrected chi connectivity index (χ3v) is 4.95. The van der Waals surface area contributed by atoms with Gasteiger partial charge in [0, 0.05) is 41.4 Å². The SMILES string of the molecule is O=C(Nc1cccc(Cl)c1)c1ccc(Nc2ccc(N3CCCC3)cc2)nc1. The highest BCUT2D eigenvalue weighted by atomic mass is 35.5. The molecule has 0 bridgehead atoms. The van der Waals surface area contributed by atoms with Gasteiger partial charge >= 0.3 is 0 Å². The minimum absolute atomic E-state index is 0.226. The second-order valence-electron chi connectivity index (χ2n) is 6.76. The number of anilines is 4. The molecule has 1 aliphatic rings. The van der Waals surface area contributed by atoms with Gasteiger partial charge in [0.1, 0.15) is 5.82 Å². The largest absolute Gasteiger partial charge is 0.372 e. The number of hydrogen-bond donors (Lipinski definition) is 2. The van der Waals surface area contributed by atoms with Crippen LogP contribution in [0.4, 0.5) is 22.9 Å². The zero-order valence-corrected chi connectivity index (χ0v) is 16.1. The van der Waals surface area contributed by atoms with Crippen LogP contribution < -0.4 is 15.5 Å². The molecular formula is C22H21ClN4O. The van der Waals surface area contributed by atoms with Crippen LogP contribution in [0.2, 0.25) is 5.02 Å². The van der Waals surface area contributed by atoms with Crippen molar-refractivity contribution in [2.45, 2.75) is 12.8 Å². The number of halogens is 1. The topological polar surface area (TPSA) is 57.3 Å². The van der Waals surface area contributed by atoms with Gasteiger partial charge in [-0.05, 0) is 67.4 Å². The van der Waals surface area contributed by atoms with Gasteiger partial charge in [0.05, 0.1) is 5.56 Å². The Kier molecular flexibility index (Phi) is 5.44. The number of carbonyl (C=O) groups excluding carboxylic acids is 1. The molecule has 0 radical (unpaired) electrons. The van der Waals surface area contributed by atoms with Crippen molar-refractivity contribution in [1.82, 2.24) is 4.98 Å². The van der Waals surface area contributed by atoms with Crippen LogP contribution in [0.15, 0.2) is 66.9 Å². The molecule has 28 heavy (non-hydrogen) atoms. The van der Waals surface area contributed by atoms with Crippen molar-refractivity contribution >= 4 is 40.4 Å². The molecule has 0 saturated carbocycles. The van der Waals surface area contributed by atoms with E-state index in [0.29, 0.717) is 22.1 Å². The maximum absolute atomic E-state index is 12.3. The van der Waals surface area contributed by atoms with E-state index in [1.54, 1.807) is 42.6 Å². The van der Waals surface area contributed by atoms with E-state index >= 15 is 0 Å². The summed E-state index contributed by atoms with van der Waals surface area (Å²) >= 11 is 5.94. The third kappa shape index (κ3) is 4.43. The highest BCUT2D eigenvalue weighted by Crippen LogP contribution is 2.23. The van der Waals surface area contributed by atoms with E-state index in [1.807, 2.05) is 0 Å². The first-order valence-electron chi connectivity index (χ1n) is 9.32. The first kappa shape index (κ1) is 18.3. The molecule has 142 valence electrons. The summed E-state index contributed by atoms with van der Waals surface area (Å²) in [6.07, 6.45) is 4.09. The number of carbonyl (C=O) groups is 1. The lowest BCUT2D eigenvalue weighted by atomic mass is 10.2. The van der Waals surface area contributed by atoms with Gasteiger partial charge < -0.3 is 15.5 Å². The minimum Gasteiger partial charge on any atom is -0.372 e. The Hall–Kier alpha value is -3.05. The molecular weight excluding hydrogens is 372 g/mol. The molecule has 2 aromatic carbocycles. The number of pyridine rings is 1. The second kappa shape index (κ2) is 8.31. The molecule has 0 aliphatic carbocycles. The van der Waals surface area contributed by atoms with Gasteiger partial charge in [-0.3, -0.25) is 4.79 Å². The third-order valence-electron chi connectivity index (χ3n) is 4.72. The average Bonchev–Trinajstić information content (AvgIpc) is 3.24. The quantitative estimate of drug-likeness (QED) is 0.616. The molecule has 1 aliphatic heterocycles. The zero-order chi connectivity index (χ0) is 19.3. The van der Waals surface area contributed by atoms with E-state index < -0.39 is 0 Å². The van der Waals surface area contributed by atoms with Crippen LogP contribution in [0.1, 0.15) is 23.2 Å². The summed E-state index contributed by atoms with van der Waals surface area (Å²) in [5, 5.41) is 6.65. The fourth-order valence-corrected chi connectivity index (χ4v) is 3.44. The van der Waals surface area contributed by atoms with Gasteiger partial charge in [-0.1, -0.05) is 17.7 Å². The molecule has 0 atom stereocenters. The van der Waals surface area contributed by atoms with Gasteiger partial charge in [0.2, 0.25) is 0 Å². The monoisotopic (exact) mass is 392 g/mol. The van der Waals surface area contributed by atoms with Crippen molar-refractivity contribution < 1.29 is 4.79 Å². The number of aromatic nitrogens is 1. The first-order valence-corrected chi connectivity index (χ1v) is 9.70. The summed E-state index contributed by atoms with van der Waals surface area (Å²) in [6, 6.07) is 18.9. The number of nitrogens with one attached hydrogen (secondary N) is 2. The molecule has 3 aromatic rings. The Morgan fingerprint density at radius 3 is 2.43 bits per heavy atom. The first-order chi connectivity index (χ1) is 13.7. The molecule has 1 fully saturated rings.